The SMILES string of the molecule is CC1Cc2ccc(CN=C=O)cc2S1. The Morgan fingerprint density at radius 1 is 1.64 bits per heavy atom. The highest BCUT2D eigenvalue weighted by atomic mass is 32.2. The van der Waals surface area contributed by atoms with Gasteiger partial charge in [0.25, 0.3) is 0 Å². The quantitative estimate of drug-likeness (QED) is 0.548. The zero-order chi connectivity index (χ0) is 9.97. The summed E-state index contributed by atoms with van der Waals surface area (Å²) in [6, 6.07) is 6.31. The number of hydrogen-bond donors (Lipinski definition) is 0. The van der Waals surface area contributed by atoms with Crippen LogP contribution in [0.4, 0.5) is 0 Å². The van der Waals surface area contributed by atoms with Crippen LogP contribution in [0.2, 0.25) is 0 Å². The average molecular weight is 205 g/mol. The molecule has 1 unspecified atom stereocenters. The van der Waals surface area contributed by atoms with E-state index < -0.39 is 0 Å². The fourth-order valence-corrected chi connectivity index (χ4v) is 2.89. The number of thioether (sulfide) groups is 1. The molecule has 0 saturated heterocycles. The maximum atomic E-state index is 9.97. The monoisotopic (exact) mass is 205 g/mol. The Balaban J connectivity index is 2.23. The van der Waals surface area contributed by atoms with Crippen LogP contribution in [-0.4, -0.2) is 11.3 Å². The van der Waals surface area contributed by atoms with E-state index in [4.69, 9.17) is 0 Å². The van der Waals surface area contributed by atoms with E-state index in [-0.39, 0.29) is 0 Å². The molecule has 1 atom stereocenters. The molecule has 1 heterocycles. The lowest BCUT2D eigenvalue weighted by molar-refractivity contribution is 0.563. The zero-order valence-electron chi connectivity index (χ0n) is 7.99. The molecule has 0 aromatic heterocycles. The third-order valence-corrected chi connectivity index (χ3v) is 3.50. The molecule has 14 heavy (non-hydrogen) atoms. The Labute approximate surface area is 87.4 Å². The highest BCUT2D eigenvalue weighted by molar-refractivity contribution is 8.00. The fourth-order valence-electron chi connectivity index (χ4n) is 1.67. The third-order valence-electron chi connectivity index (χ3n) is 2.29. The van der Waals surface area contributed by atoms with Crippen LogP contribution in [0.5, 0.6) is 0 Å². The van der Waals surface area contributed by atoms with Crippen molar-refractivity contribution in [2.24, 2.45) is 4.99 Å². The van der Waals surface area contributed by atoms with Crippen LogP contribution in [0.3, 0.4) is 0 Å². The van der Waals surface area contributed by atoms with Gasteiger partial charge in [0, 0.05) is 10.1 Å². The number of fused-ring (bicyclic) bond motifs is 1. The smallest absolute Gasteiger partial charge is 0.211 e. The van der Waals surface area contributed by atoms with Gasteiger partial charge in [0.1, 0.15) is 0 Å². The van der Waals surface area contributed by atoms with Gasteiger partial charge in [-0.2, -0.15) is 0 Å². The summed E-state index contributed by atoms with van der Waals surface area (Å²) < 4.78 is 0. The molecule has 1 aliphatic rings. The second-order valence-corrected chi connectivity index (χ2v) is 4.96. The van der Waals surface area contributed by atoms with Crippen LogP contribution < -0.4 is 0 Å². The molecule has 1 aromatic rings. The van der Waals surface area contributed by atoms with Crippen molar-refractivity contribution in [3.63, 3.8) is 0 Å². The van der Waals surface area contributed by atoms with Crippen molar-refractivity contribution in [1.29, 1.82) is 0 Å². The Kier molecular flexibility index (Phi) is 2.71. The fraction of sp³-hybridized carbons (Fsp3) is 0.364. The number of aliphatic imine (C=N–C) groups is 1. The van der Waals surface area contributed by atoms with Crippen LogP contribution in [0, 0.1) is 0 Å². The van der Waals surface area contributed by atoms with E-state index in [1.54, 1.807) is 6.08 Å². The second kappa shape index (κ2) is 3.99. The number of hydrogen-bond acceptors (Lipinski definition) is 3. The normalized spacial score (nSPS) is 18.8. The van der Waals surface area contributed by atoms with Crippen molar-refractivity contribution in [3.05, 3.63) is 29.3 Å². The van der Waals surface area contributed by atoms with Crippen LogP contribution in [0.15, 0.2) is 28.1 Å². The molecule has 0 aliphatic carbocycles. The van der Waals surface area contributed by atoms with Gasteiger partial charge >= 0.3 is 0 Å². The van der Waals surface area contributed by atoms with Crippen LogP contribution in [-0.2, 0) is 17.8 Å². The zero-order valence-corrected chi connectivity index (χ0v) is 8.80. The lowest BCUT2D eigenvalue weighted by Gasteiger charge is -2.00. The number of benzene rings is 1. The molecule has 0 spiro atoms. The van der Waals surface area contributed by atoms with E-state index in [0.29, 0.717) is 11.8 Å². The number of nitrogens with zero attached hydrogens (tertiary/aromatic N) is 1. The van der Waals surface area contributed by atoms with Crippen LogP contribution in [0.25, 0.3) is 0 Å². The topological polar surface area (TPSA) is 29.4 Å². The summed E-state index contributed by atoms with van der Waals surface area (Å²) in [6.07, 6.45) is 2.71. The average Bonchev–Trinajstić information content (AvgIpc) is 2.54. The highest BCUT2D eigenvalue weighted by Crippen LogP contribution is 2.37. The van der Waals surface area contributed by atoms with Gasteiger partial charge in [-0.05, 0) is 23.6 Å². The van der Waals surface area contributed by atoms with Gasteiger partial charge in [-0.1, -0.05) is 19.1 Å². The summed E-state index contributed by atoms with van der Waals surface area (Å²) in [5.74, 6) is 0. The molecule has 1 aromatic carbocycles. The first-order chi connectivity index (χ1) is 6.79. The van der Waals surface area contributed by atoms with Crippen molar-refractivity contribution >= 4 is 17.8 Å². The summed E-state index contributed by atoms with van der Waals surface area (Å²) >= 11 is 1.90. The van der Waals surface area contributed by atoms with Crippen molar-refractivity contribution in [2.75, 3.05) is 0 Å². The van der Waals surface area contributed by atoms with Crippen molar-refractivity contribution in [1.82, 2.24) is 0 Å². The van der Waals surface area contributed by atoms with E-state index in [1.807, 2.05) is 17.8 Å². The maximum Gasteiger partial charge on any atom is 0.235 e. The molecule has 3 heteroatoms. The molecule has 0 saturated carbocycles. The van der Waals surface area contributed by atoms with Gasteiger partial charge in [0.15, 0.2) is 0 Å². The van der Waals surface area contributed by atoms with Crippen LogP contribution >= 0.6 is 11.8 Å². The molecule has 72 valence electrons. The lowest BCUT2D eigenvalue weighted by atomic mass is 10.1. The number of carbonyl (C=O) groups excluding carboxylic acids is 1. The van der Waals surface area contributed by atoms with Gasteiger partial charge in [0.05, 0.1) is 6.54 Å². The standard InChI is InChI=1S/C11H11NOS/c1-8-4-10-3-2-9(6-12-7-13)5-11(10)14-8/h2-3,5,8H,4,6H2,1H3. The summed E-state index contributed by atoms with van der Waals surface area (Å²) in [6.45, 7) is 2.68. The molecule has 0 N–H and O–H groups in total. The Hall–Kier alpha value is -1.05. The molecular formula is C11H11NOS. The first kappa shape index (κ1) is 9.50. The predicted octanol–water partition coefficient (Wildman–Crippen LogP) is 2.56. The van der Waals surface area contributed by atoms with Gasteiger partial charge in [0.2, 0.25) is 6.08 Å². The van der Waals surface area contributed by atoms with E-state index in [1.165, 1.54) is 10.5 Å². The number of isocyanates is 1. The van der Waals surface area contributed by atoms with Crippen molar-refractivity contribution in [3.8, 4) is 0 Å². The van der Waals surface area contributed by atoms with E-state index in [2.05, 4.69) is 24.0 Å². The molecule has 0 bridgehead atoms. The van der Waals surface area contributed by atoms with Crippen LogP contribution in [0.1, 0.15) is 18.1 Å². The van der Waals surface area contributed by atoms with Crippen molar-refractivity contribution in [2.45, 2.75) is 30.0 Å². The summed E-state index contributed by atoms with van der Waals surface area (Å²) in [5, 5.41) is 0.676. The molecule has 0 fully saturated rings. The van der Waals surface area contributed by atoms with E-state index in [9.17, 15) is 4.79 Å². The minimum Gasteiger partial charge on any atom is -0.211 e. The molecule has 0 amide bonds. The Bertz CT molecular complexity index is 396. The second-order valence-electron chi connectivity index (χ2n) is 3.48. The summed E-state index contributed by atoms with van der Waals surface area (Å²) in [4.78, 5) is 14.9. The third kappa shape index (κ3) is 1.89. The van der Waals surface area contributed by atoms with E-state index >= 15 is 0 Å². The minimum absolute atomic E-state index is 0.450. The summed E-state index contributed by atoms with van der Waals surface area (Å²) in [5.41, 5.74) is 2.51. The minimum atomic E-state index is 0.450. The van der Waals surface area contributed by atoms with E-state index in [0.717, 1.165) is 12.0 Å². The number of rotatable bonds is 2. The lowest BCUT2D eigenvalue weighted by Crippen LogP contribution is -1.90. The van der Waals surface area contributed by atoms with Gasteiger partial charge in [-0.15, -0.1) is 11.8 Å². The highest BCUT2D eigenvalue weighted by Gasteiger charge is 2.17. The molecular weight excluding hydrogens is 194 g/mol. The molecule has 1 aliphatic heterocycles. The van der Waals surface area contributed by atoms with Gasteiger partial charge in [-0.3, -0.25) is 0 Å². The van der Waals surface area contributed by atoms with Crippen molar-refractivity contribution < 1.29 is 4.79 Å². The maximum absolute atomic E-state index is 9.97. The Morgan fingerprint density at radius 2 is 2.50 bits per heavy atom. The largest absolute Gasteiger partial charge is 0.235 e. The first-order valence-electron chi connectivity index (χ1n) is 4.61. The predicted molar refractivity (Wildman–Crippen MR) is 57.3 cm³/mol. The summed E-state index contributed by atoms with van der Waals surface area (Å²) in [7, 11) is 0. The van der Waals surface area contributed by atoms with Gasteiger partial charge in [-0.25, -0.2) is 9.79 Å². The Morgan fingerprint density at radius 3 is 3.29 bits per heavy atom. The molecule has 2 nitrogen and oxygen atoms in total. The first-order valence-corrected chi connectivity index (χ1v) is 5.49. The van der Waals surface area contributed by atoms with Gasteiger partial charge < -0.3 is 0 Å². The molecule has 2 rings (SSSR count). The molecule has 0 radical (unpaired) electrons.